The molecule has 5 nitrogen and oxygen atoms in total. The topological polar surface area (TPSA) is 58.6 Å². The molecule has 2 aromatic carbocycles. The molecular formula is C18H18N2O3. The number of nitrogens with zero attached hydrogens (tertiary/aromatic N) is 1. The van der Waals surface area contributed by atoms with E-state index in [9.17, 15) is 9.59 Å². The molecule has 0 spiro atoms. The molecule has 23 heavy (non-hydrogen) atoms. The monoisotopic (exact) mass is 310 g/mol. The minimum Gasteiger partial charge on any atom is -0.479 e. The number of ether oxygens (including phenoxy) is 1. The van der Waals surface area contributed by atoms with Gasteiger partial charge in [0.2, 0.25) is 0 Å². The van der Waals surface area contributed by atoms with Gasteiger partial charge in [0.25, 0.3) is 11.8 Å². The molecule has 1 aliphatic rings. The Morgan fingerprint density at radius 2 is 1.96 bits per heavy atom. The van der Waals surface area contributed by atoms with E-state index in [1.165, 1.54) is 0 Å². The number of likely N-dealkylation sites (N-methyl/N-ethyl adjacent to an activating group) is 1. The molecule has 1 N–H and O–H groups in total. The van der Waals surface area contributed by atoms with Gasteiger partial charge in [0.15, 0.2) is 6.10 Å². The van der Waals surface area contributed by atoms with Crippen molar-refractivity contribution < 1.29 is 14.3 Å². The second-order valence-corrected chi connectivity index (χ2v) is 5.61. The first-order valence-corrected chi connectivity index (χ1v) is 7.42. The summed E-state index contributed by atoms with van der Waals surface area (Å²) in [6.07, 6.45) is -0.500. The molecule has 3 rings (SSSR count). The van der Waals surface area contributed by atoms with Crippen LogP contribution in [0.4, 0.5) is 11.4 Å². The molecule has 1 atom stereocenters. The van der Waals surface area contributed by atoms with Crippen LogP contribution in [0.3, 0.4) is 0 Å². The van der Waals surface area contributed by atoms with E-state index in [0.717, 1.165) is 5.56 Å². The number of benzene rings is 2. The highest BCUT2D eigenvalue weighted by molar-refractivity contribution is 6.06. The number of amides is 2. The Morgan fingerprint density at radius 3 is 2.70 bits per heavy atom. The summed E-state index contributed by atoms with van der Waals surface area (Å²) in [4.78, 5) is 25.9. The van der Waals surface area contributed by atoms with E-state index in [2.05, 4.69) is 5.32 Å². The third-order valence-electron chi connectivity index (χ3n) is 3.95. The average Bonchev–Trinajstić information content (AvgIpc) is 2.54. The number of nitrogens with one attached hydrogen (secondary N) is 1. The van der Waals surface area contributed by atoms with Crippen molar-refractivity contribution in [3.63, 3.8) is 0 Å². The Hall–Kier alpha value is -2.82. The van der Waals surface area contributed by atoms with E-state index in [1.54, 1.807) is 43.1 Å². The number of hydrogen-bond acceptors (Lipinski definition) is 3. The number of rotatable bonds is 2. The van der Waals surface area contributed by atoms with E-state index in [4.69, 9.17) is 4.74 Å². The Labute approximate surface area is 134 Å². The average molecular weight is 310 g/mol. The van der Waals surface area contributed by atoms with Gasteiger partial charge in [-0.2, -0.15) is 0 Å². The van der Waals surface area contributed by atoms with Crippen LogP contribution in [0.1, 0.15) is 22.8 Å². The lowest BCUT2D eigenvalue weighted by atomic mass is 10.1. The smallest absolute Gasteiger partial charge is 0.267 e. The molecule has 0 unspecified atom stereocenters. The van der Waals surface area contributed by atoms with Crippen molar-refractivity contribution >= 4 is 23.2 Å². The lowest BCUT2D eigenvalue weighted by Gasteiger charge is -2.30. The maximum atomic E-state index is 12.4. The largest absolute Gasteiger partial charge is 0.479 e. The standard InChI is InChI=1S/C18H18N2O3/c1-11-6-4-5-7-14(11)17(21)19-13-8-9-16-15(10-13)20(3)18(22)12(2)23-16/h4-10,12H,1-3H3,(H,19,21)/t12-/m1/s1. The zero-order chi connectivity index (χ0) is 16.6. The summed E-state index contributed by atoms with van der Waals surface area (Å²) >= 11 is 0. The number of carbonyl (C=O) groups excluding carboxylic acids is 2. The van der Waals surface area contributed by atoms with Crippen molar-refractivity contribution in [2.75, 3.05) is 17.3 Å². The quantitative estimate of drug-likeness (QED) is 0.927. The summed E-state index contributed by atoms with van der Waals surface area (Å²) in [5.74, 6) is 0.343. The van der Waals surface area contributed by atoms with E-state index >= 15 is 0 Å². The highest BCUT2D eigenvalue weighted by Gasteiger charge is 2.29. The summed E-state index contributed by atoms with van der Waals surface area (Å²) in [5.41, 5.74) is 2.80. The molecular weight excluding hydrogens is 292 g/mol. The van der Waals surface area contributed by atoms with Crippen molar-refractivity contribution in [1.82, 2.24) is 0 Å². The van der Waals surface area contributed by atoms with Gasteiger partial charge in [0.1, 0.15) is 5.75 Å². The fourth-order valence-electron chi connectivity index (χ4n) is 2.62. The van der Waals surface area contributed by atoms with Crippen LogP contribution in [-0.4, -0.2) is 25.0 Å². The SMILES string of the molecule is Cc1ccccc1C(=O)Nc1ccc2c(c1)N(C)C(=O)[C@@H](C)O2. The molecule has 1 heterocycles. The first-order valence-electron chi connectivity index (χ1n) is 7.42. The molecule has 0 fully saturated rings. The first kappa shape index (κ1) is 15.1. The molecule has 1 aliphatic heterocycles. The first-order chi connectivity index (χ1) is 11.0. The maximum Gasteiger partial charge on any atom is 0.267 e. The summed E-state index contributed by atoms with van der Waals surface area (Å²) in [7, 11) is 1.70. The van der Waals surface area contributed by atoms with Crippen LogP contribution >= 0.6 is 0 Å². The zero-order valence-corrected chi connectivity index (χ0v) is 13.3. The van der Waals surface area contributed by atoms with E-state index < -0.39 is 6.10 Å². The Bertz CT molecular complexity index is 786. The van der Waals surface area contributed by atoms with E-state index in [0.29, 0.717) is 22.7 Å². The van der Waals surface area contributed by atoms with Crippen molar-refractivity contribution in [2.24, 2.45) is 0 Å². The number of aryl methyl sites for hydroxylation is 1. The van der Waals surface area contributed by atoms with Crippen LogP contribution in [-0.2, 0) is 4.79 Å². The van der Waals surface area contributed by atoms with Gasteiger partial charge in [-0.1, -0.05) is 18.2 Å². The van der Waals surface area contributed by atoms with Gasteiger partial charge < -0.3 is 15.0 Å². The number of hydrogen-bond donors (Lipinski definition) is 1. The van der Waals surface area contributed by atoms with Crippen LogP contribution in [0.2, 0.25) is 0 Å². The number of carbonyl (C=O) groups is 2. The van der Waals surface area contributed by atoms with Crippen molar-refractivity contribution in [2.45, 2.75) is 20.0 Å². The second-order valence-electron chi connectivity index (χ2n) is 5.61. The minimum absolute atomic E-state index is 0.111. The molecule has 0 aliphatic carbocycles. The predicted molar refractivity (Wildman–Crippen MR) is 89.1 cm³/mol. The van der Waals surface area contributed by atoms with Crippen LogP contribution < -0.4 is 15.0 Å². The fraction of sp³-hybridized carbons (Fsp3) is 0.222. The van der Waals surface area contributed by atoms with Crippen molar-refractivity contribution in [3.8, 4) is 5.75 Å². The van der Waals surface area contributed by atoms with Gasteiger partial charge in [-0.25, -0.2) is 0 Å². The van der Waals surface area contributed by atoms with Gasteiger partial charge in [-0.05, 0) is 43.7 Å². The van der Waals surface area contributed by atoms with Crippen LogP contribution in [0.5, 0.6) is 5.75 Å². The molecule has 0 saturated carbocycles. The maximum absolute atomic E-state index is 12.4. The molecule has 0 bridgehead atoms. The minimum atomic E-state index is -0.500. The Kier molecular flexibility index (Phi) is 3.78. The normalized spacial score (nSPS) is 16.6. The van der Waals surface area contributed by atoms with Crippen molar-refractivity contribution in [1.29, 1.82) is 0 Å². The van der Waals surface area contributed by atoms with Gasteiger partial charge in [0.05, 0.1) is 5.69 Å². The van der Waals surface area contributed by atoms with E-state index in [-0.39, 0.29) is 11.8 Å². The van der Waals surface area contributed by atoms with Gasteiger partial charge in [-0.3, -0.25) is 9.59 Å². The fourth-order valence-corrected chi connectivity index (χ4v) is 2.62. The van der Waals surface area contributed by atoms with Gasteiger partial charge in [-0.15, -0.1) is 0 Å². The summed E-state index contributed by atoms with van der Waals surface area (Å²) in [6.45, 7) is 3.61. The summed E-state index contributed by atoms with van der Waals surface area (Å²) in [5, 5.41) is 2.86. The van der Waals surface area contributed by atoms with Crippen LogP contribution in [0.15, 0.2) is 42.5 Å². The second kappa shape index (κ2) is 5.76. The number of anilines is 2. The molecule has 2 amide bonds. The van der Waals surface area contributed by atoms with Crippen LogP contribution in [0.25, 0.3) is 0 Å². The zero-order valence-electron chi connectivity index (χ0n) is 13.3. The highest BCUT2D eigenvalue weighted by atomic mass is 16.5. The van der Waals surface area contributed by atoms with E-state index in [1.807, 2.05) is 25.1 Å². The lowest BCUT2D eigenvalue weighted by molar-refractivity contribution is -0.125. The van der Waals surface area contributed by atoms with Gasteiger partial charge >= 0.3 is 0 Å². The molecule has 0 radical (unpaired) electrons. The Morgan fingerprint density at radius 1 is 1.22 bits per heavy atom. The summed E-state index contributed by atoms with van der Waals surface area (Å²) in [6, 6.07) is 12.7. The molecule has 118 valence electrons. The molecule has 0 aromatic heterocycles. The van der Waals surface area contributed by atoms with Crippen molar-refractivity contribution in [3.05, 3.63) is 53.6 Å². The summed E-state index contributed by atoms with van der Waals surface area (Å²) < 4.78 is 5.57. The van der Waals surface area contributed by atoms with Crippen LogP contribution in [0, 0.1) is 6.92 Å². The molecule has 5 heteroatoms. The predicted octanol–water partition coefficient (Wildman–Crippen LogP) is 2.99. The third-order valence-corrected chi connectivity index (χ3v) is 3.95. The number of fused-ring (bicyclic) bond motifs is 1. The lowest BCUT2D eigenvalue weighted by Crippen LogP contribution is -2.41. The third kappa shape index (κ3) is 2.77. The molecule has 2 aromatic rings. The Balaban J connectivity index is 1.87. The van der Waals surface area contributed by atoms with Gasteiger partial charge in [0, 0.05) is 18.3 Å². The molecule has 0 saturated heterocycles. The highest BCUT2D eigenvalue weighted by Crippen LogP contribution is 2.35.